The normalized spacial score (nSPS) is 47.6. The van der Waals surface area contributed by atoms with E-state index in [0.717, 1.165) is 12.8 Å². The van der Waals surface area contributed by atoms with Crippen LogP contribution in [0.15, 0.2) is 12.2 Å². The van der Waals surface area contributed by atoms with Crippen molar-refractivity contribution in [3.8, 4) is 0 Å². The van der Waals surface area contributed by atoms with Crippen molar-refractivity contribution in [2.45, 2.75) is 43.2 Å². The summed E-state index contributed by atoms with van der Waals surface area (Å²) in [7, 11) is 0. The Hall–Kier alpha value is -1.49. The Morgan fingerprint density at radius 2 is 1.79 bits per heavy atom. The monoisotopic (exact) mass is 261 g/mol. The van der Waals surface area contributed by atoms with Crippen LogP contribution < -0.4 is 0 Å². The van der Waals surface area contributed by atoms with Gasteiger partial charge in [0.05, 0.1) is 5.54 Å². The van der Waals surface area contributed by atoms with Gasteiger partial charge in [0, 0.05) is 24.5 Å². The predicted octanol–water partition coefficient (Wildman–Crippen LogP) is 0.174. The van der Waals surface area contributed by atoms with E-state index < -0.39 is 11.1 Å². The highest BCUT2D eigenvalue weighted by Gasteiger charge is 2.65. The molecular weight excluding hydrogens is 246 g/mol. The third kappa shape index (κ3) is 1.26. The fourth-order valence-electron chi connectivity index (χ4n) is 4.94. The van der Waals surface area contributed by atoms with E-state index in [9.17, 15) is 19.5 Å². The molecule has 100 valence electrons. The van der Waals surface area contributed by atoms with Crippen molar-refractivity contribution in [3.05, 3.63) is 12.2 Å². The maximum atomic E-state index is 12.2. The van der Waals surface area contributed by atoms with Gasteiger partial charge >= 0.3 is 0 Å². The number of rotatable bonds is 1. The van der Waals surface area contributed by atoms with Crippen molar-refractivity contribution in [1.29, 1.82) is 0 Å². The summed E-state index contributed by atoms with van der Waals surface area (Å²) >= 11 is 0. The summed E-state index contributed by atoms with van der Waals surface area (Å²) < 4.78 is 0. The van der Waals surface area contributed by atoms with Gasteiger partial charge in [0.2, 0.25) is 0 Å². The van der Waals surface area contributed by atoms with Crippen molar-refractivity contribution in [2.24, 2.45) is 11.8 Å². The van der Waals surface area contributed by atoms with Crippen molar-refractivity contribution in [3.63, 3.8) is 0 Å². The highest BCUT2D eigenvalue weighted by Crippen LogP contribution is 2.58. The number of carbonyl (C=O) groups excluding carboxylic acids is 3. The third-order valence-corrected chi connectivity index (χ3v) is 5.27. The van der Waals surface area contributed by atoms with Gasteiger partial charge in [-0.3, -0.25) is 19.3 Å². The smallest absolute Gasteiger partial charge is 0.254 e. The molecule has 2 amide bonds. The maximum absolute atomic E-state index is 12.2. The number of imide groups is 1. The fourth-order valence-corrected chi connectivity index (χ4v) is 4.94. The molecule has 0 aromatic rings. The first kappa shape index (κ1) is 11.3. The molecule has 4 saturated carbocycles. The number of carbonyl (C=O) groups is 3. The number of Topliss-reactive ketones (excluding diaryl/α,β-unsaturated/α-hetero) is 1. The molecule has 0 saturated heterocycles. The Bertz CT molecular complexity index is 536. The lowest BCUT2D eigenvalue weighted by Gasteiger charge is -2.60. The van der Waals surface area contributed by atoms with Crippen LogP contribution in [-0.4, -0.2) is 38.7 Å². The van der Waals surface area contributed by atoms with E-state index in [1.54, 1.807) is 0 Å². The standard InChI is InChI=1S/C14H15NO4/c16-10-1-2-11(17)15(10)13-4-8-3-9(6-13)12(18)14(19,5-8)7-13/h1-2,8-9,19H,3-7H2. The van der Waals surface area contributed by atoms with Gasteiger partial charge in [-0.05, 0) is 31.6 Å². The Kier molecular flexibility index (Phi) is 1.88. The summed E-state index contributed by atoms with van der Waals surface area (Å²) in [5.74, 6) is -0.624. The van der Waals surface area contributed by atoms with Crippen LogP contribution in [-0.2, 0) is 14.4 Å². The predicted molar refractivity (Wildman–Crippen MR) is 63.7 cm³/mol. The minimum Gasteiger partial charge on any atom is -0.382 e. The zero-order chi connectivity index (χ0) is 13.4. The minimum atomic E-state index is -1.31. The molecule has 5 heteroatoms. The van der Waals surface area contributed by atoms with Crippen molar-refractivity contribution < 1.29 is 19.5 Å². The van der Waals surface area contributed by atoms with Crippen LogP contribution >= 0.6 is 0 Å². The van der Waals surface area contributed by atoms with Crippen LogP contribution in [0, 0.1) is 11.8 Å². The van der Waals surface area contributed by atoms with E-state index in [1.807, 2.05) is 0 Å². The van der Waals surface area contributed by atoms with E-state index in [1.165, 1.54) is 17.1 Å². The molecule has 1 N–H and O–H groups in total. The second-order valence-corrected chi connectivity index (χ2v) is 6.55. The van der Waals surface area contributed by atoms with Crippen LogP contribution in [0.4, 0.5) is 0 Å². The van der Waals surface area contributed by atoms with Gasteiger partial charge in [-0.25, -0.2) is 0 Å². The van der Waals surface area contributed by atoms with Gasteiger partial charge in [0.15, 0.2) is 5.78 Å². The van der Waals surface area contributed by atoms with Crippen molar-refractivity contribution in [2.75, 3.05) is 0 Å². The lowest BCUT2D eigenvalue weighted by Crippen LogP contribution is -2.70. The molecule has 1 aliphatic heterocycles. The molecule has 0 aromatic heterocycles. The molecule has 0 aromatic carbocycles. The lowest BCUT2D eigenvalue weighted by atomic mass is 9.50. The van der Waals surface area contributed by atoms with Crippen molar-refractivity contribution in [1.82, 2.24) is 4.90 Å². The maximum Gasteiger partial charge on any atom is 0.254 e. The van der Waals surface area contributed by atoms with Crippen LogP contribution in [0.1, 0.15) is 32.1 Å². The minimum absolute atomic E-state index is 0.0777. The average Bonchev–Trinajstić information content (AvgIpc) is 2.65. The molecule has 4 bridgehead atoms. The Labute approximate surface area is 110 Å². The van der Waals surface area contributed by atoms with Gasteiger partial charge in [-0.1, -0.05) is 0 Å². The first-order valence-corrected chi connectivity index (χ1v) is 6.77. The van der Waals surface area contributed by atoms with Gasteiger partial charge in [-0.2, -0.15) is 0 Å². The van der Waals surface area contributed by atoms with Crippen molar-refractivity contribution >= 4 is 17.6 Å². The molecule has 4 aliphatic carbocycles. The summed E-state index contributed by atoms with van der Waals surface area (Å²) in [5, 5.41) is 10.5. The Morgan fingerprint density at radius 3 is 2.42 bits per heavy atom. The number of hydrogen-bond acceptors (Lipinski definition) is 4. The molecule has 5 nitrogen and oxygen atoms in total. The first-order chi connectivity index (χ1) is 8.93. The highest BCUT2D eigenvalue weighted by atomic mass is 16.3. The zero-order valence-electron chi connectivity index (χ0n) is 10.5. The third-order valence-electron chi connectivity index (χ3n) is 5.27. The summed E-state index contributed by atoms with van der Waals surface area (Å²) in [6, 6.07) is 0. The van der Waals surface area contributed by atoms with Crippen LogP contribution in [0.2, 0.25) is 0 Å². The van der Waals surface area contributed by atoms with E-state index in [-0.39, 0.29) is 35.9 Å². The molecule has 0 radical (unpaired) electrons. The van der Waals surface area contributed by atoms with E-state index in [2.05, 4.69) is 0 Å². The Balaban J connectivity index is 1.79. The zero-order valence-corrected chi connectivity index (χ0v) is 10.5. The highest BCUT2D eigenvalue weighted by molar-refractivity contribution is 6.13. The molecule has 1 heterocycles. The second-order valence-electron chi connectivity index (χ2n) is 6.55. The van der Waals surface area contributed by atoms with Gasteiger partial charge in [0.25, 0.3) is 11.8 Å². The Morgan fingerprint density at radius 1 is 1.11 bits per heavy atom. The van der Waals surface area contributed by atoms with Crippen LogP contribution in [0.3, 0.4) is 0 Å². The topological polar surface area (TPSA) is 74.7 Å². The molecule has 4 unspecified atom stereocenters. The van der Waals surface area contributed by atoms with Crippen LogP contribution in [0.25, 0.3) is 0 Å². The summed E-state index contributed by atoms with van der Waals surface area (Å²) in [4.78, 5) is 37.3. The fraction of sp³-hybridized carbons (Fsp3) is 0.643. The quantitative estimate of drug-likeness (QED) is 0.683. The summed E-state index contributed by atoms with van der Waals surface area (Å²) in [5.41, 5.74) is -1.95. The number of hydrogen-bond donors (Lipinski definition) is 1. The largest absolute Gasteiger partial charge is 0.382 e. The molecular formula is C14H15NO4. The number of amides is 2. The molecule has 0 spiro atoms. The SMILES string of the molecule is O=C1C=CC(=O)N1C12CC3CC(C1)C(=O)C(O)(C3)C2. The van der Waals surface area contributed by atoms with E-state index in [0.29, 0.717) is 12.8 Å². The van der Waals surface area contributed by atoms with E-state index in [4.69, 9.17) is 0 Å². The van der Waals surface area contributed by atoms with Gasteiger partial charge in [-0.15, -0.1) is 0 Å². The second kappa shape index (κ2) is 3.15. The van der Waals surface area contributed by atoms with Gasteiger partial charge in [0.1, 0.15) is 5.60 Å². The lowest BCUT2D eigenvalue weighted by molar-refractivity contribution is -0.189. The van der Waals surface area contributed by atoms with Gasteiger partial charge < -0.3 is 5.11 Å². The number of ketones is 1. The number of nitrogens with zero attached hydrogens (tertiary/aromatic N) is 1. The molecule has 19 heavy (non-hydrogen) atoms. The number of aliphatic hydroxyl groups is 1. The molecule has 4 fully saturated rings. The molecule has 5 rings (SSSR count). The van der Waals surface area contributed by atoms with E-state index >= 15 is 0 Å². The molecule has 4 atom stereocenters. The molecule has 5 aliphatic rings. The average molecular weight is 261 g/mol. The summed E-state index contributed by atoms with van der Waals surface area (Å²) in [6.45, 7) is 0. The first-order valence-electron chi connectivity index (χ1n) is 6.77. The summed E-state index contributed by atoms with van der Waals surface area (Å²) in [6.07, 6.45) is 5.35. The van der Waals surface area contributed by atoms with Crippen LogP contribution in [0.5, 0.6) is 0 Å².